The number of fused-ring (bicyclic) bond motifs is 1. The van der Waals surface area contributed by atoms with Gasteiger partial charge in [-0.05, 0) is 6.42 Å². The summed E-state index contributed by atoms with van der Waals surface area (Å²) >= 11 is 4.25. The van der Waals surface area contributed by atoms with Crippen LogP contribution in [0.25, 0.3) is 11.5 Å². The maximum atomic E-state index is 4.25. The third-order valence-corrected chi connectivity index (χ3v) is 2.71. The van der Waals surface area contributed by atoms with Crippen molar-refractivity contribution in [3.8, 4) is 11.5 Å². The second kappa shape index (κ2) is 4.61. The molecule has 2 aliphatic rings. The molecule has 0 aromatic heterocycles. The second-order valence-corrected chi connectivity index (χ2v) is 3.94. The molecule has 0 saturated heterocycles. The van der Waals surface area contributed by atoms with Gasteiger partial charge in [0.1, 0.15) is 17.0 Å². The Bertz CT molecular complexity index is 412. The summed E-state index contributed by atoms with van der Waals surface area (Å²) in [6.07, 6.45) is 6.94. The first-order valence-corrected chi connectivity index (χ1v) is 5.62. The van der Waals surface area contributed by atoms with Crippen molar-refractivity contribution in [2.24, 2.45) is 0 Å². The molecule has 0 fully saturated rings. The molecule has 15 heavy (non-hydrogen) atoms. The molecule has 0 aromatic rings. The zero-order valence-electron chi connectivity index (χ0n) is 8.72. The van der Waals surface area contributed by atoms with Crippen molar-refractivity contribution in [3.63, 3.8) is 0 Å². The molecular formula is C10H14N4S. The number of unbranched alkanes of at least 4 members (excludes halogenated alkanes) is 2. The molecule has 0 atom stereocenters. The van der Waals surface area contributed by atoms with Gasteiger partial charge in [-0.15, -0.1) is 12.6 Å². The van der Waals surface area contributed by atoms with Crippen LogP contribution in [0.3, 0.4) is 0 Å². The molecule has 0 N–H and O–H groups in total. The normalized spacial score (nSPS) is 11.1. The third kappa shape index (κ3) is 2.12. The number of nitrogens with zero attached hydrogens (tertiary/aromatic N) is 4. The van der Waals surface area contributed by atoms with E-state index in [1.54, 1.807) is 12.7 Å². The number of imidazole rings is 1. The lowest BCUT2D eigenvalue weighted by atomic mass is 10.2. The van der Waals surface area contributed by atoms with Crippen LogP contribution < -0.4 is 0 Å². The van der Waals surface area contributed by atoms with Gasteiger partial charge in [-0.1, -0.05) is 19.8 Å². The Labute approximate surface area is 94.5 Å². The Morgan fingerprint density at radius 1 is 1.27 bits per heavy atom. The predicted molar refractivity (Wildman–Crippen MR) is 61.2 cm³/mol. The van der Waals surface area contributed by atoms with E-state index in [4.69, 9.17) is 0 Å². The summed E-state index contributed by atoms with van der Waals surface area (Å²) in [5.41, 5.74) is 0.789. The molecule has 0 radical (unpaired) electrons. The zero-order chi connectivity index (χ0) is 10.7. The maximum absolute atomic E-state index is 4.25. The molecule has 0 aliphatic carbocycles. The fraction of sp³-hybridized carbons (Fsp3) is 0.500. The number of hydrogen-bond donors (Lipinski definition) is 1. The highest BCUT2D eigenvalue weighted by Gasteiger charge is 2.13. The molecule has 5 heteroatoms. The first-order valence-electron chi connectivity index (χ1n) is 5.17. The number of aryl methyl sites for hydroxylation is 1. The number of aromatic nitrogens is 4. The lowest BCUT2D eigenvalue weighted by Gasteiger charge is -2.10. The monoisotopic (exact) mass is 222 g/mol. The number of thiol groups is 1. The summed E-state index contributed by atoms with van der Waals surface area (Å²) in [4.78, 5) is 12.5. The highest BCUT2D eigenvalue weighted by molar-refractivity contribution is 7.80. The van der Waals surface area contributed by atoms with Crippen LogP contribution in [0.15, 0.2) is 17.7 Å². The first kappa shape index (κ1) is 10.4. The van der Waals surface area contributed by atoms with E-state index in [-0.39, 0.29) is 0 Å². The van der Waals surface area contributed by atoms with Crippen molar-refractivity contribution >= 4 is 12.6 Å². The van der Waals surface area contributed by atoms with Crippen LogP contribution in [0.2, 0.25) is 0 Å². The smallest absolute Gasteiger partial charge is 0.164 e. The highest BCUT2D eigenvalue weighted by atomic mass is 32.1. The molecule has 2 aliphatic heterocycles. The van der Waals surface area contributed by atoms with Crippen molar-refractivity contribution in [2.75, 3.05) is 0 Å². The molecule has 80 valence electrons. The third-order valence-electron chi connectivity index (χ3n) is 2.38. The van der Waals surface area contributed by atoms with Gasteiger partial charge in [-0.25, -0.2) is 15.0 Å². The average Bonchev–Trinajstić information content (AvgIpc) is 2.71. The van der Waals surface area contributed by atoms with Crippen LogP contribution in [0.5, 0.6) is 0 Å². The van der Waals surface area contributed by atoms with Gasteiger partial charge in [-0.2, -0.15) is 0 Å². The molecule has 0 bridgehead atoms. The van der Waals surface area contributed by atoms with E-state index in [1.165, 1.54) is 12.8 Å². The van der Waals surface area contributed by atoms with Gasteiger partial charge < -0.3 is 4.57 Å². The maximum Gasteiger partial charge on any atom is 0.164 e. The van der Waals surface area contributed by atoms with Crippen molar-refractivity contribution < 1.29 is 0 Å². The Hall–Kier alpha value is -1.10. The Balaban J connectivity index is 2.21. The quantitative estimate of drug-likeness (QED) is 0.490. The summed E-state index contributed by atoms with van der Waals surface area (Å²) in [7, 11) is 0. The van der Waals surface area contributed by atoms with E-state index in [0.717, 1.165) is 24.5 Å². The van der Waals surface area contributed by atoms with Gasteiger partial charge in [0.2, 0.25) is 0 Å². The van der Waals surface area contributed by atoms with Crippen LogP contribution in [0.1, 0.15) is 26.2 Å². The van der Waals surface area contributed by atoms with Gasteiger partial charge in [0.15, 0.2) is 5.82 Å². The Morgan fingerprint density at radius 2 is 2.13 bits per heavy atom. The lowest BCUT2D eigenvalue weighted by molar-refractivity contribution is 0.588. The molecule has 0 spiro atoms. The van der Waals surface area contributed by atoms with E-state index >= 15 is 0 Å². The molecule has 2 heterocycles. The van der Waals surface area contributed by atoms with Gasteiger partial charge in [-0.3, -0.25) is 0 Å². The van der Waals surface area contributed by atoms with Crippen LogP contribution in [-0.4, -0.2) is 19.5 Å². The fourth-order valence-electron chi connectivity index (χ4n) is 1.56. The summed E-state index contributed by atoms with van der Waals surface area (Å²) in [6.45, 7) is 3.14. The average molecular weight is 222 g/mol. The molecule has 0 aromatic carbocycles. The standard InChI is InChI=1S/C10H14N4S/c1-2-3-4-5-14-7-13-10(15)8-9(14)12-6-11-8/h6-7,15H,2-5H2,1H3. The summed E-state index contributed by atoms with van der Waals surface area (Å²) in [6, 6.07) is 0. The van der Waals surface area contributed by atoms with E-state index in [0.29, 0.717) is 5.03 Å². The molecule has 0 saturated carbocycles. The zero-order valence-corrected chi connectivity index (χ0v) is 9.61. The van der Waals surface area contributed by atoms with Gasteiger partial charge in [0.05, 0.1) is 6.33 Å². The van der Waals surface area contributed by atoms with Crippen molar-refractivity contribution in [2.45, 2.75) is 37.8 Å². The molecule has 0 amide bonds. The van der Waals surface area contributed by atoms with Crippen LogP contribution in [0.4, 0.5) is 0 Å². The minimum absolute atomic E-state index is 0.647. The van der Waals surface area contributed by atoms with Gasteiger partial charge in [0.25, 0.3) is 0 Å². The van der Waals surface area contributed by atoms with Crippen LogP contribution in [-0.2, 0) is 6.54 Å². The number of rotatable bonds is 4. The minimum atomic E-state index is 0.647. The van der Waals surface area contributed by atoms with Crippen LogP contribution >= 0.6 is 12.6 Å². The second-order valence-electron chi connectivity index (χ2n) is 3.51. The molecular weight excluding hydrogens is 208 g/mol. The summed E-state index contributed by atoms with van der Waals surface area (Å²) in [5.74, 6) is 0.881. The summed E-state index contributed by atoms with van der Waals surface area (Å²) < 4.78 is 2.04. The van der Waals surface area contributed by atoms with Crippen molar-refractivity contribution in [1.29, 1.82) is 0 Å². The fourth-order valence-corrected chi connectivity index (χ4v) is 1.77. The van der Waals surface area contributed by atoms with E-state index in [9.17, 15) is 0 Å². The van der Waals surface area contributed by atoms with Crippen LogP contribution in [0, 0.1) is 0 Å². The van der Waals surface area contributed by atoms with E-state index < -0.39 is 0 Å². The highest BCUT2D eigenvalue weighted by Crippen LogP contribution is 2.22. The summed E-state index contributed by atoms with van der Waals surface area (Å²) in [5, 5.41) is 0.647. The topological polar surface area (TPSA) is 43.6 Å². The van der Waals surface area contributed by atoms with Crippen molar-refractivity contribution in [1.82, 2.24) is 19.5 Å². The molecule has 2 rings (SSSR count). The lowest BCUT2D eigenvalue weighted by Crippen LogP contribution is -2.06. The van der Waals surface area contributed by atoms with Gasteiger partial charge >= 0.3 is 0 Å². The Morgan fingerprint density at radius 3 is 2.93 bits per heavy atom. The minimum Gasteiger partial charge on any atom is -0.315 e. The van der Waals surface area contributed by atoms with Crippen molar-refractivity contribution in [3.05, 3.63) is 12.7 Å². The SMILES string of the molecule is CCCCCn1cnc(S)c2ncnc1-2. The molecule has 4 nitrogen and oxygen atoms in total. The Kier molecular flexibility index (Phi) is 3.20. The number of hydrogen-bond acceptors (Lipinski definition) is 4. The predicted octanol–water partition coefficient (Wildman–Crippen LogP) is 2.26. The van der Waals surface area contributed by atoms with E-state index in [1.807, 2.05) is 4.57 Å². The first-order chi connectivity index (χ1) is 7.33. The van der Waals surface area contributed by atoms with Gasteiger partial charge in [0, 0.05) is 6.54 Å². The molecule has 0 unspecified atom stereocenters. The largest absolute Gasteiger partial charge is 0.315 e. The van der Waals surface area contributed by atoms with E-state index in [2.05, 4.69) is 34.5 Å².